The van der Waals surface area contributed by atoms with E-state index < -0.39 is 11.7 Å². The molecular formula is C16H22F3N3O. The number of amides is 1. The van der Waals surface area contributed by atoms with Gasteiger partial charge in [-0.15, -0.1) is 0 Å². The molecule has 0 spiro atoms. The standard InChI is InChI=1S/C16H22F3N3O/c1-21-9-11-22(12-10-21)8-2-7-20-15(23)13-3-5-14(6-4-13)16(17,18)19/h3-6H,2,7-12H2,1H3,(H,20,23). The molecule has 0 radical (unpaired) electrons. The van der Waals surface area contributed by atoms with E-state index in [1.165, 1.54) is 12.1 Å². The molecule has 128 valence electrons. The average Bonchev–Trinajstić information content (AvgIpc) is 2.52. The summed E-state index contributed by atoms with van der Waals surface area (Å²) in [5.41, 5.74) is -0.498. The Hall–Kier alpha value is -1.60. The summed E-state index contributed by atoms with van der Waals surface area (Å²) < 4.78 is 37.4. The molecule has 0 saturated carbocycles. The van der Waals surface area contributed by atoms with E-state index in [0.717, 1.165) is 51.3 Å². The zero-order valence-corrected chi connectivity index (χ0v) is 13.2. The number of hydrogen-bond donors (Lipinski definition) is 1. The average molecular weight is 329 g/mol. The summed E-state index contributed by atoms with van der Waals surface area (Å²) in [6.45, 7) is 5.61. The van der Waals surface area contributed by atoms with E-state index in [2.05, 4.69) is 22.2 Å². The van der Waals surface area contributed by atoms with Gasteiger partial charge in [-0.05, 0) is 44.3 Å². The Labute approximate surface area is 134 Å². The highest BCUT2D eigenvalue weighted by Crippen LogP contribution is 2.29. The molecule has 1 heterocycles. The van der Waals surface area contributed by atoms with Gasteiger partial charge in [0.15, 0.2) is 0 Å². The fourth-order valence-electron chi connectivity index (χ4n) is 2.49. The van der Waals surface area contributed by atoms with Crippen molar-refractivity contribution < 1.29 is 18.0 Å². The van der Waals surface area contributed by atoms with Crippen molar-refractivity contribution in [3.8, 4) is 0 Å². The van der Waals surface area contributed by atoms with Crippen LogP contribution < -0.4 is 5.32 Å². The van der Waals surface area contributed by atoms with Gasteiger partial charge in [-0.3, -0.25) is 4.79 Å². The zero-order chi connectivity index (χ0) is 16.9. The summed E-state index contributed by atoms with van der Waals surface area (Å²) in [6, 6.07) is 4.27. The Bertz CT molecular complexity index is 508. The number of nitrogens with one attached hydrogen (secondary N) is 1. The van der Waals surface area contributed by atoms with Gasteiger partial charge in [-0.25, -0.2) is 0 Å². The van der Waals surface area contributed by atoms with E-state index in [9.17, 15) is 18.0 Å². The maximum Gasteiger partial charge on any atom is 0.416 e. The van der Waals surface area contributed by atoms with Crippen LogP contribution in [-0.4, -0.2) is 62.0 Å². The fourth-order valence-corrected chi connectivity index (χ4v) is 2.49. The van der Waals surface area contributed by atoms with E-state index in [1.807, 2.05) is 0 Å². The van der Waals surface area contributed by atoms with Crippen LogP contribution in [0.4, 0.5) is 13.2 Å². The number of likely N-dealkylation sites (N-methyl/N-ethyl adjacent to an activating group) is 1. The fraction of sp³-hybridized carbons (Fsp3) is 0.562. The van der Waals surface area contributed by atoms with Crippen molar-refractivity contribution in [1.82, 2.24) is 15.1 Å². The lowest BCUT2D eigenvalue weighted by atomic mass is 10.1. The maximum atomic E-state index is 12.5. The first-order valence-electron chi connectivity index (χ1n) is 7.72. The van der Waals surface area contributed by atoms with Crippen molar-refractivity contribution in [2.45, 2.75) is 12.6 Å². The first-order chi connectivity index (χ1) is 10.9. The Morgan fingerprint density at radius 3 is 2.30 bits per heavy atom. The number of carbonyl (C=O) groups excluding carboxylic acids is 1. The lowest BCUT2D eigenvalue weighted by Gasteiger charge is -2.32. The van der Waals surface area contributed by atoms with Crippen LogP contribution in [0.2, 0.25) is 0 Å². The van der Waals surface area contributed by atoms with Crippen LogP contribution in [0.3, 0.4) is 0 Å². The molecule has 1 aliphatic rings. The van der Waals surface area contributed by atoms with Gasteiger partial charge in [-0.1, -0.05) is 0 Å². The molecule has 1 amide bonds. The minimum Gasteiger partial charge on any atom is -0.352 e. The van der Waals surface area contributed by atoms with Gasteiger partial charge in [0, 0.05) is 38.3 Å². The molecule has 1 aliphatic heterocycles. The molecule has 4 nitrogen and oxygen atoms in total. The van der Waals surface area contributed by atoms with Crippen LogP contribution in [0.25, 0.3) is 0 Å². The van der Waals surface area contributed by atoms with Gasteiger partial charge in [0.1, 0.15) is 0 Å². The van der Waals surface area contributed by atoms with Crippen molar-refractivity contribution >= 4 is 5.91 Å². The molecular weight excluding hydrogens is 307 g/mol. The molecule has 1 saturated heterocycles. The van der Waals surface area contributed by atoms with Crippen LogP contribution in [0.15, 0.2) is 24.3 Å². The largest absolute Gasteiger partial charge is 0.416 e. The summed E-state index contributed by atoms with van der Waals surface area (Å²) in [4.78, 5) is 16.5. The van der Waals surface area contributed by atoms with Gasteiger partial charge in [0.25, 0.3) is 5.91 Å². The summed E-state index contributed by atoms with van der Waals surface area (Å²) in [5, 5.41) is 2.75. The molecule has 23 heavy (non-hydrogen) atoms. The lowest BCUT2D eigenvalue weighted by Crippen LogP contribution is -2.45. The minimum absolute atomic E-state index is 0.248. The minimum atomic E-state index is -4.38. The summed E-state index contributed by atoms with van der Waals surface area (Å²) in [7, 11) is 2.10. The topological polar surface area (TPSA) is 35.6 Å². The third-order valence-electron chi connectivity index (χ3n) is 4.01. The quantitative estimate of drug-likeness (QED) is 0.840. The summed E-state index contributed by atoms with van der Waals surface area (Å²) in [5.74, 6) is -0.336. The Balaban J connectivity index is 1.70. The number of rotatable bonds is 5. The highest BCUT2D eigenvalue weighted by molar-refractivity contribution is 5.94. The Morgan fingerprint density at radius 1 is 1.13 bits per heavy atom. The zero-order valence-electron chi connectivity index (χ0n) is 13.2. The number of alkyl halides is 3. The molecule has 0 bridgehead atoms. The third-order valence-corrected chi connectivity index (χ3v) is 4.01. The van der Waals surface area contributed by atoms with E-state index in [4.69, 9.17) is 0 Å². The monoisotopic (exact) mass is 329 g/mol. The molecule has 0 atom stereocenters. The predicted octanol–water partition coefficient (Wildman–Crippen LogP) is 2.07. The second-order valence-corrected chi connectivity index (χ2v) is 5.83. The molecule has 0 aromatic heterocycles. The molecule has 0 unspecified atom stereocenters. The van der Waals surface area contributed by atoms with Crippen molar-refractivity contribution in [1.29, 1.82) is 0 Å². The molecule has 7 heteroatoms. The SMILES string of the molecule is CN1CCN(CCCNC(=O)c2ccc(C(F)(F)F)cc2)CC1. The highest BCUT2D eigenvalue weighted by Gasteiger charge is 2.30. The van der Waals surface area contributed by atoms with E-state index in [-0.39, 0.29) is 11.5 Å². The Morgan fingerprint density at radius 2 is 1.74 bits per heavy atom. The maximum absolute atomic E-state index is 12.5. The van der Waals surface area contributed by atoms with Crippen molar-refractivity contribution in [3.05, 3.63) is 35.4 Å². The van der Waals surface area contributed by atoms with Crippen LogP contribution in [-0.2, 0) is 6.18 Å². The van der Waals surface area contributed by atoms with Crippen molar-refractivity contribution in [2.24, 2.45) is 0 Å². The summed E-state index contributed by atoms with van der Waals surface area (Å²) >= 11 is 0. The van der Waals surface area contributed by atoms with Gasteiger partial charge in [-0.2, -0.15) is 13.2 Å². The number of benzene rings is 1. The predicted molar refractivity (Wildman–Crippen MR) is 82.3 cm³/mol. The second kappa shape index (κ2) is 7.79. The third kappa shape index (κ3) is 5.51. The number of halogens is 3. The number of nitrogens with zero attached hydrogens (tertiary/aromatic N) is 2. The number of hydrogen-bond acceptors (Lipinski definition) is 3. The molecule has 0 aliphatic carbocycles. The molecule has 1 N–H and O–H groups in total. The van der Waals surface area contributed by atoms with Crippen LogP contribution in [0.5, 0.6) is 0 Å². The first kappa shape index (κ1) is 17.7. The summed E-state index contributed by atoms with van der Waals surface area (Å²) in [6.07, 6.45) is -3.55. The van der Waals surface area contributed by atoms with Crippen LogP contribution >= 0.6 is 0 Å². The van der Waals surface area contributed by atoms with Crippen molar-refractivity contribution in [2.75, 3.05) is 46.3 Å². The lowest BCUT2D eigenvalue weighted by molar-refractivity contribution is -0.137. The molecule has 2 rings (SSSR count). The molecule has 1 aromatic carbocycles. The second-order valence-electron chi connectivity index (χ2n) is 5.83. The molecule has 1 fully saturated rings. The normalized spacial score (nSPS) is 17.2. The highest BCUT2D eigenvalue weighted by atomic mass is 19.4. The van der Waals surface area contributed by atoms with Gasteiger partial charge < -0.3 is 15.1 Å². The van der Waals surface area contributed by atoms with Crippen molar-refractivity contribution in [3.63, 3.8) is 0 Å². The van der Waals surface area contributed by atoms with E-state index in [0.29, 0.717) is 6.54 Å². The van der Waals surface area contributed by atoms with E-state index >= 15 is 0 Å². The number of piperazine rings is 1. The van der Waals surface area contributed by atoms with Crippen LogP contribution in [0, 0.1) is 0 Å². The van der Waals surface area contributed by atoms with E-state index in [1.54, 1.807) is 0 Å². The van der Waals surface area contributed by atoms with Crippen LogP contribution in [0.1, 0.15) is 22.3 Å². The number of carbonyl (C=O) groups is 1. The smallest absolute Gasteiger partial charge is 0.352 e. The molecule has 1 aromatic rings. The van der Waals surface area contributed by atoms with Gasteiger partial charge >= 0.3 is 6.18 Å². The van der Waals surface area contributed by atoms with Gasteiger partial charge in [0.2, 0.25) is 0 Å². The Kier molecular flexibility index (Phi) is 6.01. The van der Waals surface area contributed by atoms with Gasteiger partial charge in [0.05, 0.1) is 5.56 Å². The first-order valence-corrected chi connectivity index (χ1v) is 7.72.